The Bertz CT molecular complexity index is 867. The molecule has 1 aliphatic rings. The fraction of sp³-hybridized carbons (Fsp3) is 0.444. The fourth-order valence-corrected chi connectivity index (χ4v) is 4.32. The predicted molar refractivity (Wildman–Crippen MR) is 104 cm³/mol. The van der Waals surface area contributed by atoms with Gasteiger partial charge >= 0.3 is 0 Å². The minimum Gasteiger partial charge on any atom is -0.341 e. The number of aryl methyl sites for hydroxylation is 1. The lowest BCUT2D eigenvalue weighted by atomic mass is 10.1. The molecule has 0 saturated carbocycles. The van der Waals surface area contributed by atoms with Crippen molar-refractivity contribution >= 4 is 27.6 Å². The highest BCUT2D eigenvalue weighted by molar-refractivity contribution is 7.88. The Hall–Kier alpha value is -1.70. The summed E-state index contributed by atoms with van der Waals surface area (Å²) >= 11 is 5.92. The molecule has 1 N–H and O–H groups in total. The Morgan fingerprint density at radius 1 is 1.15 bits per heavy atom. The van der Waals surface area contributed by atoms with Gasteiger partial charge in [0.2, 0.25) is 16.0 Å². The minimum absolute atomic E-state index is 0.114. The lowest BCUT2D eigenvalue weighted by molar-refractivity contribution is 0.565. The third kappa shape index (κ3) is 5.40. The van der Waals surface area contributed by atoms with Gasteiger partial charge in [0.1, 0.15) is 0 Å². The average molecular weight is 395 g/mol. The fourth-order valence-electron chi connectivity index (χ4n) is 3.02. The van der Waals surface area contributed by atoms with Crippen LogP contribution in [-0.2, 0) is 22.3 Å². The number of nitrogens with one attached hydrogen (secondary N) is 1. The Morgan fingerprint density at radius 3 is 2.65 bits per heavy atom. The van der Waals surface area contributed by atoms with Gasteiger partial charge in [-0.1, -0.05) is 23.7 Å². The number of rotatable bonds is 6. The van der Waals surface area contributed by atoms with Gasteiger partial charge in [-0.2, -0.15) is 0 Å². The van der Waals surface area contributed by atoms with E-state index in [1.54, 1.807) is 24.3 Å². The summed E-state index contributed by atoms with van der Waals surface area (Å²) in [6, 6.07) is 8.68. The molecule has 0 bridgehead atoms. The van der Waals surface area contributed by atoms with E-state index < -0.39 is 10.0 Å². The molecule has 1 saturated heterocycles. The van der Waals surface area contributed by atoms with E-state index in [2.05, 4.69) is 19.6 Å². The Balaban J connectivity index is 1.67. The summed E-state index contributed by atoms with van der Waals surface area (Å²) in [4.78, 5) is 11.2. The topological polar surface area (TPSA) is 75.2 Å². The third-order valence-electron chi connectivity index (χ3n) is 4.25. The summed E-state index contributed by atoms with van der Waals surface area (Å²) in [7, 11) is -3.48. The van der Waals surface area contributed by atoms with Crippen molar-refractivity contribution in [2.24, 2.45) is 0 Å². The van der Waals surface area contributed by atoms with Crippen LogP contribution in [0.1, 0.15) is 36.2 Å². The molecule has 1 aliphatic heterocycles. The summed E-state index contributed by atoms with van der Waals surface area (Å²) in [5, 5.41) is 0.523. The number of halogens is 1. The van der Waals surface area contributed by atoms with Crippen LogP contribution < -0.4 is 9.62 Å². The van der Waals surface area contributed by atoms with Gasteiger partial charge in [0.25, 0.3) is 0 Å². The molecule has 2 heterocycles. The molecular weight excluding hydrogens is 372 g/mol. The molecule has 0 aliphatic carbocycles. The second kappa shape index (κ2) is 8.33. The van der Waals surface area contributed by atoms with Crippen molar-refractivity contribution in [1.29, 1.82) is 0 Å². The first-order chi connectivity index (χ1) is 12.4. The van der Waals surface area contributed by atoms with Gasteiger partial charge in [-0.15, -0.1) is 0 Å². The van der Waals surface area contributed by atoms with Gasteiger partial charge in [-0.05, 0) is 49.9 Å². The Morgan fingerprint density at radius 2 is 1.92 bits per heavy atom. The number of sulfonamides is 1. The van der Waals surface area contributed by atoms with Crippen LogP contribution in [0.25, 0.3) is 0 Å². The first kappa shape index (κ1) is 19.1. The molecule has 3 rings (SSSR count). The van der Waals surface area contributed by atoms with Crippen LogP contribution in [0.5, 0.6) is 0 Å². The minimum atomic E-state index is -3.48. The maximum atomic E-state index is 12.3. The highest BCUT2D eigenvalue weighted by Crippen LogP contribution is 2.17. The quantitative estimate of drug-likeness (QED) is 0.814. The van der Waals surface area contributed by atoms with E-state index in [9.17, 15) is 8.42 Å². The molecular formula is C18H23ClN4O2S. The van der Waals surface area contributed by atoms with E-state index in [4.69, 9.17) is 11.6 Å². The van der Waals surface area contributed by atoms with Crippen LogP contribution in [0.15, 0.2) is 30.3 Å². The Kier molecular flexibility index (Phi) is 6.11. The molecule has 0 radical (unpaired) electrons. The number of piperidine rings is 1. The third-order valence-corrected chi connectivity index (χ3v) is 5.79. The Labute approximate surface area is 159 Å². The molecule has 26 heavy (non-hydrogen) atoms. The van der Waals surface area contributed by atoms with Crippen molar-refractivity contribution in [2.45, 2.75) is 38.5 Å². The summed E-state index contributed by atoms with van der Waals surface area (Å²) in [6.07, 6.45) is 3.51. The van der Waals surface area contributed by atoms with E-state index in [1.165, 1.54) is 6.42 Å². The van der Waals surface area contributed by atoms with E-state index in [0.29, 0.717) is 22.2 Å². The summed E-state index contributed by atoms with van der Waals surface area (Å²) in [5.74, 6) is 0.574. The molecule has 1 aromatic carbocycles. The van der Waals surface area contributed by atoms with Crippen molar-refractivity contribution in [3.63, 3.8) is 0 Å². The normalized spacial score (nSPS) is 15.2. The molecule has 0 spiro atoms. The molecule has 0 atom stereocenters. The van der Waals surface area contributed by atoms with Gasteiger partial charge in [-0.25, -0.2) is 23.1 Å². The molecule has 2 aromatic rings. The standard InChI is InChI=1S/C18H23ClN4O2S/c1-14-10-17(22-18(21-14)23-8-3-2-4-9-23)12-20-26(24,25)13-15-6-5-7-16(19)11-15/h5-7,10-11,20H,2-4,8-9,12-13H2,1H3. The summed E-state index contributed by atoms with van der Waals surface area (Å²) in [6.45, 7) is 3.94. The largest absolute Gasteiger partial charge is 0.341 e. The number of aromatic nitrogens is 2. The molecule has 140 valence electrons. The van der Waals surface area contributed by atoms with Crippen LogP contribution in [0.2, 0.25) is 5.02 Å². The molecule has 1 fully saturated rings. The smallest absolute Gasteiger partial charge is 0.225 e. The lowest BCUT2D eigenvalue weighted by Crippen LogP contribution is -2.32. The zero-order valence-corrected chi connectivity index (χ0v) is 16.4. The molecule has 0 amide bonds. The zero-order valence-electron chi connectivity index (χ0n) is 14.8. The second-order valence-electron chi connectivity index (χ2n) is 6.56. The van der Waals surface area contributed by atoms with E-state index in [1.807, 2.05) is 13.0 Å². The zero-order chi connectivity index (χ0) is 18.6. The van der Waals surface area contributed by atoms with Crippen LogP contribution >= 0.6 is 11.6 Å². The van der Waals surface area contributed by atoms with Crippen LogP contribution in [-0.4, -0.2) is 31.5 Å². The van der Waals surface area contributed by atoms with Crippen molar-refractivity contribution < 1.29 is 8.42 Å². The van der Waals surface area contributed by atoms with Crippen molar-refractivity contribution in [2.75, 3.05) is 18.0 Å². The lowest BCUT2D eigenvalue weighted by Gasteiger charge is -2.27. The number of anilines is 1. The van der Waals surface area contributed by atoms with Crippen molar-refractivity contribution in [1.82, 2.24) is 14.7 Å². The van der Waals surface area contributed by atoms with Crippen LogP contribution in [0.4, 0.5) is 5.95 Å². The van der Waals surface area contributed by atoms with Crippen LogP contribution in [0.3, 0.4) is 0 Å². The van der Waals surface area contributed by atoms with E-state index in [-0.39, 0.29) is 12.3 Å². The van der Waals surface area contributed by atoms with Crippen molar-refractivity contribution in [3.8, 4) is 0 Å². The summed E-state index contributed by atoms with van der Waals surface area (Å²) < 4.78 is 27.3. The maximum Gasteiger partial charge on any atom is 0.225 e. The SMILES string of the molecule is Cc1cc(CNS(=O)(=O)Cc2cccc(Cl)c2)nc(N2CCCCC2)n1. The van der Waals surface area contributed by atoms with Crippen LogP contribution in [0, 0.1) is 6.92 Å². The number of benzene rings is 1. The highest BCUT2D eigenvalue weighted by atomic mass is 35.5. The second-order valence-corrected chi connectivity index (χ2v) is 8.80. The summed E-state index contributed by atoms with van der Waals surface area (Å²) in [5.41, 5.74) is 2.16. The molecule has 8 heteroatoms. The highest BCUT2D eigenvalue weighted by Gasteiger charge is 2.16. The maximum absolute atomic E-state index is 12.3. The van der Waals surface area contributed by atoms with E-state index >= 15 is 0 Å². The number of nitrogens with zero attached hydrogens (tertiary/aromatic N) is 3. The first-order valence-corrected chi connectivity index (χ1v) is 10.8. The van der Waals surface area contributed by atoms with Gasteiger partial charge in [0.15, 0.2) is 0 Å². The van der Waals surface area contributed by atoms with Gasteiger partial charge in [0.05, 0.1) is 18.0 Å². The number of hydrogen-bond acceptors (Lipinski definition) is 5. The van der Waals surface area contributed by atoms with Gasteiger partial charge < -0.3 is 4.90 Å². The molecule has 6 nitrogen and oxygen atoms in total. The van der Waals surface area contributed by atoms with Gasteiger partial charge in [-0.3, -0.25) is 0 Å². The van der Waals surface area contributed by atoms with Crippen molar-refractivity contribution in [3.05, 3.63) is 52.3 Å². The van der Waals surface area contributed by atoms with Gasteiger partial charge in [0, 0.05) is 23.8 Å². The molecule has 0 unspecified atom stereocenters. The predicted octanol–water partition coefficient (Wildman–Crippen LogP) is 3.05. The average Bonchev–Trinajstić information content (AvgIpc) is 2.60. The monoisotopic (exact) mass is 394 g/mol. The van der Waals surface area contributed by atoms with E-state index in [0.717, 1.165) is 31.6 Å². The number of hydrogen-bond donors (Lipinski definition) is 1. The first-order valence-electron chi connectivity index (χ1n) is 8.72. The molecule has 1 aromatic heterocycles.